The Labute approximate surface area is 64.9 Å². The van der Waals surface area contributed by atoms with Gasteiger partial charge in [0.15, 0.2) is 0 Å². The van der Waals surface area contributed by atoms with Crippen LogP contribution in [0.15, 0.2) is 0 Å². The zero-order valence-electron chi connectivity index (χ0n) is 5.84. The van der Waals surface area contributed by atoms with E-state index in [2.05, 4.69) is 0 Å². The number of likely N-dealkylation sites (tertiary alicyclic amines) is 1. The van der Waals surface area contributed by atoms with Gasteiger partial charge >= 0.3 is 5.37 Å². The summed E-state index contributed by atoms with van der Waals surface area (Å²) in [5.74, 6) is 0. The summed E-state index contributed by atoms with van der Waals surface area (Å²) in [5, 5.41) is -0.375. The molecule has 1 saturated heterocycles. The van der Waals surface area contributed by atoms with Crippen molar-refractivity contribution in [3.8, 4) is 0 Å². The molecule has 0 unspecified atom stereocenters. The molecule has 3 nitrogen and oxygen atoms in total. The second-order valence-corrected chi connectivity index (χ2v) is 2.67. The average molecular weight is 164 g/mol. The highest BCUT2D eigenvalue weighted by Gasteiger charge is 2.24. The molecule has 0 spiro atoms. The molecule has 1 rings (SSSR count). The van der Waals surface area contributed by atoms with Crippen molar-refractivity contribution in [1.29, 1.82) is 0 Å². The third-order valence-corrected chi connectivity index (χ3v) is 1.97. The maximum atomic E-state index is 10.5. The molecule has 0 aliphatic carbocycles. The predicted molar refractivity (Wildman–Crippen MR) is 38.2 cm³/mol. The Morgan fingerprint density at radius 1 is 1.80 bits per heavy atom. The minimum atomic E-state index is -0.375. The maximum absolute atomic E-state index is 10.5. The van der Waals surface area contributed by atoms with Crippen molar-refractivity contribution < 1.29 is 9.53 Å². The molecule has 0 radical (unpaired) electrons. The van der Waals surface area contributed by atoms with Crippen LogP contribution in [0.3, 0.4) is 0 Å². The van der Waals surface area contributed by atoms with Crippen LogP contribution in [-0.4, -0.2) is 36.6 Å². The van der Waals surface area contributed by atoms with Crippen LogP contribution in [-0.2, 0) is 4.74 Å². The van der Waals surface area contributed by atoms with Gasteiger partial charge in [-0.25, -0.2) is 0 Å². The van der Waals surface area contributed by atoms with Crippen LogP contribution in [0.1, 0.15) is 6.42 Å². The van der Waals surface area contributed by atoms with Gasteiger partial charge in [-0.2, -0.15) is 0 Å². The van der Waals surface area contributed by atoms with E-state index in [0.717, 1.165) is 13.0 Å². The quantitative estimate of drug-likeness (QED) is 0.428. The van der Waals surface area contributed by atoms with E-state index in [1.165, 1.54) is 0 Å². The predicted octanol–water partition coefficient (Wildman–Crippen LogP) is 1.07. The zero-order chi connectivity index (χ0) is 7.56. The minimum Gasteiger partial charge on any atom is -0.380 e. The molecule has 0 bridgehead atoms. The van der Waals surface area contributed by atoms with E-state index < -0.39 is 0 Å². The summed E-state index contributed by atoms with van der Waals surface area (Å²) in [7, 11) is 1.65. The number of halogens is 1. The second-order valence-electron chi connectivity index (χ2n) is 2.35. The Morgan fingerprint density at radius 3 is 2.80 bits per heavy atom. The molecular weight excluding hydrogens is 154 g/mol. The van der Waals surface area contributed by atoms with Gasteiger partial charge < -0.3 is 9.64 Å². The average Bonchev–Trinajstić information content (AvgIpc) is 2.34. The molecule has 10 heavy (non-hydrogen) atoms. The molecule has 0 aromatic carbocycles. The summed E-state index contributed by atoms with van der Waals surface area (Å²) >= 11 is 5.24. The number of hydrogen-bond donors (Lipinski definition) is 0. The molecule has 1 amide bonds. The van der Waals surface area contributed by atoms with Gasteiger partial charge in [0.25, 0.3) is 0 Å². The van der Waals surface area contributed by atoms with Gasteiger partial charge in [0.1, 0.15) is 0 Å². The van der Waals surface area contributed by atoms with E-state index in [-0.39, 0.29) is 11.5 Å². The Balaban J connectivity index is 2.35. The lowest BCUT2D eigenvalue weighted by Gasteiger charge is -2.10. The monoisotopic (exact) mass is 163 g/mol. The first kappa shape index (κ1) is 7.82. The fourth-order valence-electron chi connectivity index (χ4n) is 1.08. The lowest BCUT2D eigenvalue weighted by Crippen LogP contribution is -2.24. The van der Waals surface area contributed by atoms with E-state index in [0.29, 0.717) is 6.54 Å². The van der Waals surface area contributed by atoms with Crippen molar-refractivity contribution in [2.45, 2.75) is 12.5 Å². The summed E-state index contributed by atoms with van der Waals surface area (Å²) in [6, 6.07) is 0. The number of carbonyl (C=O) groups is 1. The van der Waals surface area contributed by atoms with Crippen LogP contribution >= 0.6 is 11.6 Å². The third-order valence-electron chi connectivity index (χ3n) is 1.73. The maximum Gasteiger partial charge on any atom is 0.316 e. The first-order valence-electron chi connectivity index (χ1n) is 3.21. The van der Waals surface area contributed by atoms with Gasteiger partial charge in [-0.1, -0.05) is 0 Å². The normalized spacial score (nSPS) is 25.4. The van der Waals surface area contributed by atoms with Crippen molar-refractivity contribution in [3.63, 3.8) is 0 Å². The van der Waals surface area contributed by atoms with Crippen molar-refractivity contribution in [2.24, 2.45) is 0 Å². The van der Waals surface area contributed by atoms with Crippen LogP contribution in [0, 0.1) is 0 Å². The Bertz CT molecular complexity index is 140. The summed E-state index contributed by atoms with van der Waals surface area (Å²) in [6.45, 7) is 1.36. The number of nitrogens with zero attached hydrogens (tertiary/aromatic N) is 1. The number of carbonyl (C=O) groups excluding carboxylic acids is 1. The molecule has 0 aromatic rings. The van der Waals surface area contributed by atoms with Crippen LogP contribution in [0.2, 0.25) is 0 Å². The van der Waals surface area contributed by atoms with Gasteiger partial charge in [0.05, 0.1) is 6.10 Å². The number of rotatable bonds is 1. The molecule has 1 fully saturated rings. The standard InChI is InChI=1S/C6H10ClNO2/c1-10-5-2-3-8(4-5)6(7)9/h5H,2-4H2,1H3/t5-/m1/s1. The van der Waals surface area contributed by atoms with Gasteiger partial charge in [-0.3, -0.25) is 4.79 Å². The summed E-state index contributed by atoms with van der Waals surface area (Å²) in [5.41, 5.74) is 0. The van der Waals surface area contributed by atoms with Crippen LogP contribution in [0.25, 0.3) is 0 Å². The van der Waals surface area contributed by atoms with Crippen LogP contribution in [0.5, 0.6) is 0 Å². The Morgan fingerprint density at radius 2 is 2.50 bits per heavy atom. The number of hydrogen-bond acceptors (Lipinski definition) is 2. The largest absolute Gasteiger partial charge is 0.380 e. The lowest BCUT2D eigenvalue weighted by molar-refractivity contribution is 0.112. The Hall–Kier alpha value is -0.280. The second kappa shape index (κ2) is 3.21. The smallest absolute Gasteiger partial charge is 0.316 e. The van der Waals surface area contributed by atoms with Crippen molar-refractivity contribution in [1.82, 2.24) is 4.90 Å². The number of ether oxygens (including phenoxy) is 1. The fourth-order valence-corrected chi connectivity index (χ4v) is 1.23. The highest BCUT2D eigenvalue weighted by Crippen LogP contribution is 2.13. The van der Waals surface area contributed by atoms with Crippen molar-refractivity contribution in [3.05, 3.63) is 0 Å². The first-order valence-corrected chi connectivity index (χ1v) is 3.59. The topological polar surface area (TPSA) is 29.5 Å². The molecule has 1 heterocycles. The molecule has 0 N–H and O–H groups in total. The highest BCUT2D eigenvalue weighted by molar-refractivity contribution is 6.62. The molecule has 4 heteroatoms. The molecule has 58 valence electrons. The zero-order valence-corrected chi connectivity index (χ0v) is 6.60. The number of methoxy groups -OCH3 is 1. The van der Waals surface area contributed by atoms with E-state index in [4.69, 9.17) is 16.3 Å². The minimum absolute atomic E-state index is 0.183. The van der Waals surface area contributed by atoms with E-state index >= 15 is 0 Å². The molecule has 1 aliphatic rings. The SMILES string of the molecule is CO[C@@H]1CCN(C(=O)Cl)C1. The molecule has 1 atom stereocenters. The van der Waals surface area contributed by atoms with E-state index in [9.17, 15) is 4.79 Å². The van der Waals surface area contributed by atoms with Gasteiger partial charge in [0, 0.05) is 20.2 Å². The van der Waals surface area contributed by atoms with Gasteiger partial charge in [-0.15, -0.1) is 0 Å². The summed E-state index contributed by atoms with van der Waals surface area (Å²) < 4.78 is 5.04. The molecule has 0 aromatic heterocycles. The first-order chi connectivity index (χ1) is 4.74. The van der Waals surface area contributed by atoms with E-state index in [1.807, 2.05) is 0 Å². The van der Waals surface area contributed by atoms with E-state index in [1.54, 1.807) is 12.0 Å². The van der Waals surface area contributed by atoms with Crippen LogP contribution in [0.4, 0.5) is 4.79 Å². The van der Waals surface area contributed by atoms with Crippen LogP contribution < -0.4 is 0 Å². The summed E-state index contributed by atoms with van der Waals surface area (Å²) in [6.07, 6.45) is 1.08. The molecule has 1 aliphatic heterocycles. The van der Waals surface area contributed by atoms with Gasteiger partial charge in [-0.05, 0) is 18.0 Å². The van der Waals surface area contributed by atoms with Crippen molar-refractivity contribution in [2.75, 3.05) is 20.2 Å². The fraction of sp³-hybridized carbons (Fsp3) is 0.833. The van der Waals surface area contributed by atoms with Crippen molar-refractivity contribution >= 4 is 17.0 Å². The van der Waals surface area contributed by atoms with Gasteiger partial charge in [0.2, 0.25) is 0 Å². The highest BCUT2D eigenvalue weighted by atomic mass is 35.5. The molecular formula is C6H10ClNO2. The number of amides is 1. The molecule has 0 saturated carbocycles. The third kappa shape index (κ3) is 1.61. The lowest BCUT2D eigenvalue weighted by atomic mass is 10.3. The Kier molecular flexibility index (Phi) is 2.51. The summed E-state index contributed by atoms with van der Waals surface area (Å²) in [4.78, 5) is 12.1.